The Hall–Kier alpha value is -3.61. The normalized spacial score (nSPS) is 11.7. The minimum Gasteiger partial charge on any atom is -0.437 e. The van der Waals surface area contributed by atoms with Crippen LogP contribution in [-0.2, 0) is 6.18 Å². The molecule has 0 saturated heterocycles. The van der Waals surface area contributed by atoms with E-state index in [-0.39, 0.29) is 16.5 Å². The van der Waals surface area contributed by atoms with Crippen molar-refractivity contribution in [1.82, 2.24) is 15.2 Å². The Morgan fingerprint density at radius 1 is 1.00 bits per heavy atom. The van der Waals surface area contributed by atoms with Crippen LogP contribution >= 0.6 is 11.6 Å². The van der Waals surface area contributed by atoms with Gasteiger partial charge in [0.05, 0.1) is 28.7 Å². The molecule has 0 spiro atoms. The molecular weight excluding hydrogens is 470 g/mol. The fraction of sp³-hybridized carbons (Fsp3) is 0.111. The number of carbonyl (C=O) groups excluding carboxylic acids is 1. The molecule has 168 valence electrons. The largest absolute Gasteiger partial charge is 0.573 e. The van der Waals surface area contributed by atoms with Gasteiger partial charge in [-0.15, -0.1) is 13.2 Å². The molecule has 1 N–H and O–H groups in total. The maximum atomic E-state index is 13.1. The van der Waals surface area contributed by atoms with Crippen LogP contribution in [0.1, 0.15) is 15.9 Å². The van der Waals surface area contributed by atoms with Crippen molar-refractivity contribution in [3.8, 4) is 17.4 Å². The molecule has 1 amide bonds. The predicted octanol–water partition coefficient (Wildman–Crippen LogP) is 5.49. The van der Waals surface area contributed by atoms with Crippen molar-refractivity contribution in [2.24, 2.45) is 0 Å². The molecule has 3 rings (SSSR count). The summed E-state index contributed by atoms with van der Waals surface area (Å²) >= 11 is 5.88. The fourth-order valence-electron chi connectivity index (χ4n) is 2.28. The Morgan fingerprint density at radius 2 is 1.75 bits per heavy atom. The van der Waals surface area contributed by atoms with Gasteiger partial charge in [0, 0.05) is 12.3 Å². The average molecular weight is 479 g/mol. The minimum atomic E-state index is -4.96. The van der Waals surface area contributed by atoms with Crippen molar-refractivity contribution in [2.75, 3.05) is 5.32 Å². The molecule has 0 bridgehead atoms. The summed E-state index contributed by atoms with van der Waals surface area (Å²) in [7, 11) is 0. The highest BCUT2D eigenvalue weighted by Crippen LogP contribution is 2.36. The molecule has 0 aliphatic heterocycles. The Balaban J connectivity index is 1.94. The Bertz CT molecular complexity index is 1130. The smallest absolute Gasteiger partial charge is 0.437 e. The number of halogens is 7. The zero-order chi connectivity index (χ0) is 23.5. The van der Waals surface area contributed by atoms with Crippen molar-refractivity contribution in [3.63, 3.8) is 0 Å². The van der Waals surface area contributed by atoms with Crippen LogP contribution in [0.4, 0.5) is 32.0 Å². The van der Waals surface area contributed by atoms with Gasteiger partial charge >= 0.3 is 12.5 Å². The van der Waals surface area contributed by atoms with Gasteiger partial charge in [-0.1, -0.05) is 11.6 Å². The van der Waals surface area contributed by atoms with Crippen LogP contribution in [0.25, 0.3) is 0 Å². The molecule has 0 aliphatic carbocycles. The van der Waals surface area contributed by atoms with Crippen molar-refractivity contribution < 1.29 is 40.6 Å². The van der Waals surface area contributed by atoms with Gasteiger partial charge < -0.3 is 14.8 Å². The van der Waals surface area contributed by atoms with Crippen molar-refractivity contribution in [1.29, 1.82) is 0 Å². The summed E-state index contributed by atoms with van der Waals surface area (Å²) in [5.74, 6) is -2.55. The van der Waals surface area contributed by atoms with Crippen LogP contribution in [0.3, 0.4) is 0 Å². The number of nitrogens with zero attached hydrogens (tertiary/aromatic N) is 3. The molecule has 14 heteroatoms. The third kappa shape index (κ3) is 5.97. The molecule has 0 saturated carbocycles. The molecule has 0 fully saturated rings. The zero-order valence-corrected chi connectivity index (χ0v) is 16.1. The van der Waals surface area contributed by atoms with Gasteiger partial charge in [-0.3, -0.25) is 4.79 Å². The monoisotopic (exact) mass is 478 g/mol. The van der Waals surface area contributed by atoms with Gasteiger partial charge in [-0.25, -0.2) is 4.98 Å². The first kappa shape index (κ1) is 23.1. The Kier molecular flexibility index (Phi) is 6.39. The fourth-order valence-corrected chi connectivity index (χ4v) is 2.49. The van der Waals surface area contributed by atoms with E-state index in [0.717, 1.165) is 24.4 Å². The quantitative estimate of drug-likeness (QED) is 0.488. The van der Waals surface area contributed by atoms with Crippen LogP contribution in [0.5, 0.6) is 17.4 Å². The van der Waals surface area contributed by atoms with E-state index in [0.29, 0.717) is 12.3 Å². The molecule has 7 nitrogen and oxygen atoms in total. The molecule has 2 heterocycles. The van der Waals surface area contributed by atoms with E-state index in [9.17, 15) is 31.1 Å². The van der Waals surface area contributed by atoms with E-state index in [4.69, 9.17) is 16.3 Å². The highest BCUT2D eigenvalue weighted by Gasteiger charge is 2.33. The van der Waals surface area contributed by atoms with E-state index < -0.39 is 41.2 Å². The highest BCUT2D eigenvalue weighted by atomic mass is 35.5. The number of hydrogen-bond acceptors (Lipinski definition) is 6. The molecule has 0 unspecified atom stereocenters. The Labute approximate surface area is 180 Å². The molecule has 1 aromatic carbocycles. The lowest BCUT2D eigenvalue weighted by molar-refractivity contribution is -0.274. The number of benzene rings is 1. The van der Waals surface area contributed by atoms with Gasteiger partial charge in [0.25, 0.3) is 5.91 Å². The number of anilines is 1. The van der Waals surface area contributed by atoms with Gasteiger partial charge in [0.2, 0.25) is 5.88 Å². The lowest BCUT2D eigenvalue weighted by atomic mass is 10.1. The molecule has 0 radical (unpaired) electrons. The number of rotatable bonds is 5. The lowest BCUT2D eigenvalue weighted by Gasteiger charge is -2.15. The number of amides is 1. The Morgan fingerprint density at radius 3 is 2.34 bits per heavy atom. The van der Waals surface area contributed by atoms with Crippen LogP contribution in [0.15, 0.2) is 48.9 Å². The minimum absolute atomic E-state index is 0.125. The molecule has 0 aliphatic rings. The van der Waals surface area contributed by atoms with E-state index in [2.05, 4.69) is 25.2 Å². The van der Waals surface area contributed by atoms with Crippen LogP contribution in [0, 0.1) is 0 Å². The second-order valence-electron chi connectivity index (χ2n) is 5.90. The number of nitrogens with one attached hydrogen (secondary N) is 1. The summed E-state index contributed by atoms with van der Waals surface area (Å²) in [4.78, 5) is 16.1. The van der Waals surface area contributed by atoms with Gasteiger partial charge in [0.15, 0.2) is 0 Å². The third-order valence-electron chi connectivity index (χ3n) is 3.61. The number of carbonyl (C=O) groups is 1. The van der Waals surface area contributed by atoms with Crippen LogP contribution < -0.4 is 14.8 Å². The van der Waals surface area contributed by atoms with E-state index in [1.54, 1.807) is 0 Å². The number of hydrogen-bond donors (Lipinski definition) is 1. The summed E-state index contributed by atoms with van der Waals surface area (Å²) in [6, 6.07) is 4.44. The first-order chi connectivity index (χ1) is 14.9. The topological polar surface area (TPSA) is 86.2 Å². The van der Waals surface area contributed by atoms with Crippen molar-refractivity contribution >= 4 is 23.2 Å². The molecule has 32 heavy (non-hydrogen) atoms. The first-order valence-electron chi connectivity index (χ1n) is 8.31. The number of pyridine rings is 1. The molecule has 0 atom stereocenters. The standard InChI is InChI=1S/C18H9ClF6N4O3/c19-13-6-11(32-18(23,24)25)1-2-14(13)31-16-12(5-9(7-26-16)17(20,21)22)15(30)29-10-3-4-27-28-8-10/h1-8H,(H,27,29,30). The van der Waals surface area contributed by atoms with Crippen LogP contribution in [-0.4, -0.2) is 27.5 Å². The summed E-state index contributed by atoms with van der Waals surface area (Å²) in [5.41, 5.74) is -1.73. The van der Waals surface area contributed by atoms with Crippen molar-refractivity contribution in [2.45, 2.75) is 12.5 Å². The highest BCUT2D eigenvalue weighted by molar-refractivity contribution is 6.32. The number of aromatic nitrogens is 3. The number of alkyl halides is 6. The van der Waals surface area contributed by atoms with E-state index in [1.807, 2.05) is 0 Å². The second kappa shape index (κ2) is 8.86. The second-order valence-corrected chi connectivity index (χ2v) is 6.31. The van der Waals surface area contributed by atoms with Gasteiger partial charge in [-0.05, 0) is 24.3 Å². The van der Waals surface area contributed by atoms with Crippen LogP contribution in [0.2, 0.25) is 5.02 Å². The van der Waals surface area contributed by atoms with E-state index >= 15 is 0 Å². The first-order valence-corrected chi connectivity index (χ1v) is 8.68. The summed E-state index contributed by atoms with van der Waals surface area (Å²) in [5, 5.41) is 8.95. The summed E-state index contributed by atoms with van der Waals surface area (Å²) in [6.07, 6.45) is -6.96. The van der Waals surface area contributed by atoms with Gasteiger partial charge in [-0.2, -0.15) is 23.4 Å². The zero-order valence-electron chi connectivity index (χ0n) is 15.3. The molecule has 2 aromatic heterocycles. The van der Waals surface area contributed by atoms with Gasteiger partial charge in [0.1, 0.15) is 17.1 Å². The average Bonchev–Trinajstić information content (AvgIpc) is 2.69. The maximum Gasteiger partial charge on any atom is 0.573 e. The number of ether oxygens (including phenoxy) is 2. The lowest BCUT2D eigenvalue weighted by Crippen LogP contribution is -2.17. The van der Waals surface area contributed by atoms with E-state index in [1.165, 1.54) is 12.3 Å². The SMILES string of the molecule is O=C(Nc1ccnnc1)c1cc(C(F)(F)F)cnc1Oc1ccc(OC(F)(F)F)cc1Cl. The summed E-state index contributed by atoms with van der Waals surface area (Å²) in [6.45, 7) is 0. The third-order valence-corrected chi connectivity index (χ3v) is 3.90. The molecule has 3 aromatic rings. The van der Waals surface area contributed by atoms with Crippen molar-refractivity contribution in [3.05, 3.63) is 65.1 Å². The summed E-state index contributed by atoms with van der Waals surface area (Å²) < 4.78 is 85.3. The maximum absolute atomic E-state index is 13.1. The predicted molar refractivity (Wildman–Crippen MR) is 97.4 cm³/mol. The molecular formula is C18H9ClF6N4O3.